The summed E-state index contributed by atoms with van der Waals surface area (Å²) in [4.78, 5) is 25.4. The maximum Gasteiger partial charge on any atom is 0.341 e. The number of thiophene rings is 1. The Labute approximate surface area is 148 Å². The molecule has 0 aromatic carbocycles. The predicted molar refractivity (Wildman–Crippen MR) is 94.7 cm³/mol. The Morgan fingerprint density at radius 3 is 2.96 bits per heavy atom. The van der Waals surface area contributed by atoms with Crippen molar-refractivity contribution >= 4 is 45.5 Å². The zero-order valence-corrected chi connectivity index (χ0v) is 14.6. The van der Waals surface area contributed by atoms with Crippen LogP contribution in [0.5, 0.6) is 0 Å². The number of carbonyl (C=O) groups excluding carboxylic acids is 2. The SMILES string of the molecule is CCOC(=O)c1c(NC(=S)NC(=O)c2ccco2)sc2c1CCC2. The third-order valence-electron chi connectivity index (χ3n) is 3.60. The number of anilines is 1. The standard InChI is InChI=1S/C16H16N2O4S2/c1-2-21-15(20)12-9-5-3-7-11(9)24-14(12)18-16(23)17-13(19)10-6-4-8-22-10/h4,6,8H,2-3,5,7H2,1H3,(H2,17,18,19,23). The summed E-state index contributed by atoms with van der Waals surface area (Å²) in [6, 6.07) is 3.16. The minimum Gasteiger partial charge on any atom is -0.462 e. The molecule has 0 atom stereocenters. The predicted octanol–water partition coefficient (Wildman–Crippen LogP) is 3.13. The molecule has 1 aliphatic rings. The second-order valence-corrected chi connectivity index (χ2v) is 6.68. The van der Waals surface area contributed by atoms with Gasteiger partial charge in [-0.15, -0.1) is 11.3 Å². The molecule has 2 heterocycles. The normalized spacial score (nSPS) is 12.5. The van der Waals surface area contributed by atoms with Crippen molar-refractivity contribution in [2.24, 2.45) is 0 Å². The van der Waals surface area contributed by atoms with E-state index in [0.29, 0.717) is 17.2 Å². The lowest BCUT2D eigenvalue weighted by molar-refractivity contribution is 0.0527. The highest BCUT2D eigenvalue weighted by molar-refractivity contribution is 7.80. The van der Waals surface area contributed by atoms with E-state index in [0.717, 1.165) is 24.8 Å². The maximum absolute atomic E-state index is 12.3. The lowest BCUT2D eigenvalue weighted by Gasteiger charge is -2.10. The average Bonchev–Trinajstić information content (AvgIpc) is 3.23. The van der Waals surface area contributed by atoms with Crippen molar-refractivity contribution in [3.8, 4) is 0 Å². The molecule has 0 saturated heterocycles. The molecule has 0 aliphatic heterocycles. The molecular weight excluding hydrogens is 348 g/mol. The number of hydrogen-bond donors (Lipinski definition) is 2. The topological polar surface area (TPSA) is 80.6 Å². The minimum atomic E-state index is -0.445. The molecule has 3 rings (SSSR count). The van der Waals surface area contributed by atoms with Crippen molar-refractivity contribution in [3.05, 3.63) is 40.2 Å². The molecular formula is C16H16N2O4S2. The van der Waals surface area contributed by atoms with Crippen molar-refractivity contribution < 1.29 is 18.7 Å². The van der Waals surface area contributed by atoms with E-state index in [1.165, 1.54) is 22.5 Å². The summed E-state index contributed by atoms with van der Waals surface area (Å²) in [7, 11) is 0. The summed E-state index contributed by atoms with van der Waals surface area (Å²) in [5, 5.41) is 6.21. The van der Waals surface area contributed by atoms with Crippen LogP contribution in [0.4, 0.5) is 5.00 Å². The van der Waals surface area contributed by atoms with Gasteiger partial charge < -0.3 is 14.5 Å². The Morgan fingerprint density at radius 2 is 2.25 bits per heavy atom. The molecule has 1 aliphatic carbocycles. The quantitative estimate of drug-likeness (QED) is 0.641. The van der Waals surface area contributed by atoms with E-state index in [1.54, 1.807) is 19.1 Å². The zero-order chi connectivity index (χ0) is 17.1. The summed E-state index contributed by atoms with van der Waals surface area (Å²) in [5.74, 6) is -0.641. The highest BCUT2D eigenvalue weighted by Gasteiger charge is 2.28. The zero-order valence-electron chi connectivity index (χ0n) is 13.0. The van der Waals surface area contributed by atoms with Crippen LogP contribution in [0.2, 0.25) is 0 Å². The fourth-order valence-electron chi connectivity index (χ4n) is 2.62. The summed E-state index contributed by atoms with van der Waals surface area (Å²) < 4.78 is 10.2. The van der Waals surface area contributed by atoms with E-state index in [4.69, 9.17) is 21.4 Å². The molecule has 2 N–H and O–H groups in total. The highest BCUT2D eigenvalue weighted by atomic mass is 32.1. The van der Waals surface area contributed by atoms with Gasteiger partial charge in [-0.05, 0) is 56.1 Å². The first-order valence-corrected chi connectivity index (χ1v) is 8.80. The molecule has 0 fully saturated rings. The van der Waals surface area contributed by atoms with Crippen molar-refractivity contribution in [2.45, 2.75) is 26.2 Å². The summed E-state index contributed by atoms with van der Waals surface area (Å²) >= 11 is 6.66. The van der Waals surface area contributed by atoms with E-state index in [2.05, 4.69) is 10.6 Å². The molecule has 0 saturated carbocycles. The van der Waals surface area contributed by atoms with E-state index >= 15 is 0 Å². The van der Waals surface area contributed by atoms with Gasteiger partial charge in [-0.3, -0.25) is 10.1 Å². The van der Waals surface area contributed by atoms with Crippen LogP contribution in [-0.2, 0) is 17.6 Å². The summed E-state index contributed by atoms with van der Waals surface area (Å²) in [6.07, 6.45) is 4.24. The van der Waals surface area contributed by atoms with Gasteiger partial charge in [0.05, 0.1) is 18.4 Å². The Morgan fingerprint density at radius 1 is 1.42 bits per heavy atom. The van der Waals surface area contributed by atoms with Gasteiger partial charge >= 0.3 is 5.97 Å². The Bertz CT molecular complexity index is 780. The average molecular weight is 364 g/mol. The molecule has 6 nitrogen and oxygen atoms in total. The Balaban J connectivity index is 1.76. The number of rotatable bonds is 4. The van der Waals surface area contributed by atoms with Crippen molar-refractivity contribution in [3.63, 3.8) is 0 Å². The van der Waals surface area contributed by atoms with Gasteiger partial charge in [-0.25, -0.2) is 4.79 Å². The number of hydrogen-bond acceptors (Lipinski definition) is 6. The molecule has 0 unspecified atom stereocenters. The molecule has 0 radical (unpaired) electrons. The monoisotopic (exact) mass is 364 g/mol. The van der Waals surface area contributed by atoms with Crippen LogP contribution in [0.15, 0.2) is 22.8 Å². The number of furan rings is 1. The van der Waals surface area contributed by atoms with Gasteiger partial charge in [0.15, 0.2) is 10.9 Å². The van der Waals surface area contributed by atoms with Crippen molar-refractivity contribution in [2.75, 3.05) is 11.9 Å². The molecule has 24 heavy (non-hydrogen) atoms. The van der Waals surface area contributed by atoms with Crippen LogP contribution < -0.4 is 10.6 Å². The molecule has 2 aromatic rings. The van der Waals surface area contributed by atoms with Gasteiger partial charge in [0.1, 0.15) is 5.00 Å². The summed E-state index contributed by atoms with van der Waals surface area (Å²) in [6.45, 7) is 2.08. The van der Waals surface area contributed by atoms with Crippen LogP contribution in [0.25, 0.3) is 0 Å². The van der Waals surface area contributed by atoms with Crippen LogP contribution in [-0.4, -0.2) is 23.6 Å². The van der Waals surface area contributed by atoms with Gasteiger partial charge in [-0.1, -0.05) is 0 Å². The van der Waals surface area contributed by atoms with Gasteiger partial charge in [0.25, 0.3) is 5.91 Å². The van der Waals surface area contributed by atoms with Crippen LogP contribution in [0, 0.1) is 0 Å². The molecule has 2 aromatic heterocycles. The molecule has 0 spiro atoms. The molecule has 126 valence electrons. The first-order chi connectivity index (χ1) is 11.6. The van der Waals surface area contributed by atoms with Crippen LogP contribution >= 0.6 is 23.6 Å². The number of amides is 1. The number of esters is 1. The lowest BCUT2D eigenvalue weighted by atomic mass is 10.1. The number of fused-ring (bicyclic) bond motifs is 1. The van der Waals surface area contributed by atoms with E-state index < -0.39 is 5.91 Å². The largest absolute Gasteiger partial charge is 0.462 e. The molecule has 0 bridgehead atoms. The number of nitrogens with one attached hydrogen (secondary N) is 2. The number of ether oxygens (including phenoxy) is 1. The van der Waals surface area contributed by atoms with Crippen LogP contribution in [0.1, 0.15) is 44.7 Å². The van der Waals surface area contributed by atoms with Gasteiger partial charge in [0, 0.05) is 4.88 Å². The van der Waals surface area contributed by atoms with E-state index in [1.807, 2.05) is 0 Å². The number of thiocarbonyl (C=S) groups is 1. The van der Waals surface area contributed by atoms with Crippen molar-refractivity contribution in [1.29, 1.82) is 0 Å². The van der Waals surface area contributed by atoms with E-state index in [-0.39, 0.29) is 16.8 Å². The fraction of sp³-hybridized carbons (Fsp3) is 0.312. The Hall–Kier alpha value is -2.19. The van der Waals surface area contributed by atoms with Gasteiger partial charge in [-0.2, -0.15) is 0 Å². The minimum absolute atomic E-state index is 0.113. The molecule has 8 heteroatoms. The smallest absolute Gasteiger partial charge is 0.341 e. The first-order valence-electron chi connectivity index (χ1n) is 7.57. The van der Waals surface area contributed by atoms with E-state index in [9.17, 15) is 9.59 Å². The molecule has 1 amide bonds. The second kappa shape index (κ2) is 7.14. The maximum atomic E-state index is 12.3. The first kappa shape index (κ1) is 16.7. The number of aryl methyl sites for hydroxylation is 1. The third kappa shape index (κ3) is 3.34. The lowest BCUT2D eigenvalue weighted by Crippen LogP contribution is -2.34. The fourth-order valence-corrected chi connectivity index (χ4v) is 4.16. The second-order valence-electron chi connectivity index (χ2n) is 5.17. The van der Waals surface area contributed by atoms with Crippen molar-refractivity contribution in [1.82, 2.24) is 5.32 Å². The van der Waals surface area contributed by atoms with Crippen LogP contribution in [0.3, 0.4) is 0 Å². The van der Waals surface area contributed by atoms with Gasteiger partial charge in [0.2, 0.25) is 0 Å². The Kier molecular flexibility index (Phi) is 4.96. The highest BCUT2D eigenvalue weighted by Crippen LogP contribution is 2.39. The third-order valence-corrected chi connectivity index (χ3v) is 5.01. The number of carbonyl (C=O) groups is 2. The summed E-state index contributed by atoms with van der Waals surface area (Å²) in [5.41, 5.74) is 1.56.